The summed E-state index contributed by atoms with van der Waals surface area (Å²) in [6.07, 6.45) is 5.89. The quantitative estimate of drug-likeness (QED) is 0.768. The Kier molecular flexibility index (Phi) is 4.75. The molecule has 1 aliphatic heterocycles. The van der Waals surface area contributed by atoms with Crippen LogP contribution in [0.15, 0.2) is 48.8 Å². The smallest absolute Gasteiger partial charge is 0.224 e. The fraction of sp³-hybridized carbons (Fsp3) is 0.316. The maximum Gasteiger partial charge on any atom is 0.224 e. The highest BCUT2D eigenvalue weighted by Crippen LogP contribution is 2.20. The van der Waals surface area contributed by atoms with E-state index in [0.717, 1.165) is 43.0 Å². The third kappa shape index (κ3) is 3.65. The Bertz CT molecular complexity index is 925. The summed E-state index contributed by atoms with van der Waals surface area (Å²) in [5.74, 6) is 1.03. The van der Waals surface area contributed by atoms with Crippen molar-refractivity contribution in [2.75, 3.05) is 18.0 Å². The predicted molar refractivity (Wildman–Crippen MR) is 102 cm³/mol. The van der Waals surface area contributed by atoms with E-state index in [2.05, 4.69) is 20.3 Å². The van der Waals surface area contributed by atoms with Gasteiger partial charge in [0, 0.05) is 36.4 Å². The average Bonchev–Trinajstić information content (AvgIpc) is 3.10. The molecule has 1 unspecified atom stereocenters. The number of fused-ring (bicyclic) bond motifs is 1. The van der Waals surface area contributed by atoms with E-state index in [9.17, 15) is 4.79 Å². The highest BCUT2D eigenvalue weighted by molar-refractivity contribution is 6.30. The van der Waals surface area contributed by atoms with E-state index in [4.69, 9.17) is 11.6 Å². The van der Waals surface area contributed by atoms with Gasteiger partial charge in [-0.05, 0) is 36.6 Å². The molecule has 134 valence electrons. The van der Waals surface area contributed by atoms with Gasteiger partial charge in [0.25, 0.3) is 0 Å². The van der Waals surface area contributed by atoms with Gasteiger partial charge in [0.2, 0.25) is 5.91 Å². The first-order valence-corrected chi connectivity index (χ1v) is 9.14. The summed E-state index contributed by atoms with van der Waals surface area (Å²) in [6.45, 7) is 1.71. The van der Waals surface area contributed by atoms with Gasteiger partial charge in [0.15, 0.2) is 5.65 Å². The maximum absolute atomic E-state index is 12.4. The molecule has 1 aliphatic rings. The van der Waals surface area contributed by atoms with Crippen LogP contribution in [0.2, 0.25) is 5.02 Å². The number of benzene rings is 1. The molecule has 6 nitrogen and oxygen atoms in total. The maximum atomic E-state index is 12.4. The molecule has 0 spiro atoms. The molecule has 1 N–H and O–H groups in total. The van der Waals surface area contributed by atoms with Crippen LogP contribution in [0.1, 0.15) is 18.4 Å². The number of nitrogens with zero attached hydrogens (tertiary/aromatic N) is 4. The van der Waals surface area contributed by atoms with E-state index in [1.54, 1.807) is 12.4 Å². The molecular weight excluding hydrogens is 350 g/mol. The lowest BCUT2D eigenvalue weighted by molar-refractivity contribution is -0.121. The zero-order valence-electron chi connectivity index (χ0n) is 14.3. The van der Waals surface area contributed by atoms with Gasteiger partial charge in [-0.2, -0.15) is 9.61 Å². The molecule has 1 fully saturated rings. The van der Waals surface area contributed by atoms with Crippen LogP contribution < -0.4 is 10.2 Å². The number of nitrogens with one attached hydrogen (secondary N) is 1. The van der Waals surface area contributed by atoms with E-state index in [-0.39, 0.29) is 11.9 Å². The lowest BCUT2D eigenvalue weighted by Crippen LogP contribution is -2.48. The molecule has 1 aromatic carbocycles. The van der Waals surface area contributed by atoms with Gasteiger partial charge in [-0.3, -0.25) is 4.79 Å². The second-order valence-electron chi connectivity index (χ2n) is 6.56. The van der Waals surface area contributed by atoms with Crippen LogP contribution in [0.3, 0.4) is 0 Å². The third-order valence-corrected chi connectivity index (χ3v) is 4.87. The van der Waals surface area contributed by atoms with Crippen LogP contribution in [0, 0.1) is 0 Å². The van der Waals surface area contributed by atoms with Crippen LogP contribution in [-0.4, -0.2) is 39.6 Å². The Labute approximate surface area is 156 Å². The number of carbonyl (C=O) groups excluding carboxylic acids is 1. The molecule has 26 heavy (non-hydrogen) atoms. The van der Waals surface area contributed by atoms with E-state index < -0.39 is 0 Å². The average molecular weight is 370 g/mol. The zero-order valence-corrected chi connectivity index (χ0v) is 15.1. The summed E-state index contributed by atoms with van der Waals surface area (Å²) < 4.78 is 1.84. The van der Waals surface area contributed by atoms with Crippen LogP contribution in [-0.2, 0) is 11.2 Å². The Morgan fingerprint density at radius 2 is 2.19 bits per heavy atom. The number of carbonyl (C=O) groups is 1. The SMILES string of the molecule is O=C(Cc1cccc(Cl)c1)NC1CCCN(c2ccnc3ccnn23)C1. The van der Waals surface area contributed by atoms with Gasteiger partial charge in [-0.25, -0.2) is 4.98 Å². The standard InChI is InChI=1S/C19H20ClN5O/c20-15-4-1-3-14(11-15)12-18(26)23-16-5-2-10-24(13-16)19-7-8-21-17-6-9-22-25(17)19/h1,3-4,6-9,11,16H,2,5,10,12-13H2,(H,23,26). The summed E-state index contributed by atoms with van der Waals surface area (Å²) >= 11 is 5.99. The highest BCUT2D eigenvalue weighted by atomic mass is 35.5. The molecule has 1 amide bonds. The van der Waals surface area contributed by atoms with Crippen molar-refractivity contribution in [3.8, 4) is 0 Å². The Hall–Kier alpha value is -2.60. The van der Waals surface area contributed by atoms with Crippen molar-refractivity contribution in [2.45, 2.75) is 25.3 Å². The normalized spacial score (nSPS) is 17.4. The van der Waals surface area contributed by atoms with Gasteiger partial charge in [-0.15, -0.1) is 0 Å². The largest absolute Gasteiger partial charge is 0.354 e. The zero-order chi connectivity index (χ0) is 17.9. The number of piperidine rings is 1. The van der Waals surface area contributed by atoms with Gasteiger partial charge in [-0.1, -0.05) is 23.7 Å². The number of hydrogen-bond acceptors (Lipinski definition) is 4. The fourth-order valence-corrected chi connectivity index (χ4v) is 3.69. The molecule has 0 bridgehead atoms. The van der Waals surface area contributed by atoms with Crippen molar-refractivity contribution >= 4 is 29.0 Å². The number of aromatic nitrogens is 3. The Balaban J connectivity index is 1.42. The van der Waals surface area contributed by atoms with Crippen LogP contribution in [0.5, 0.6) is 0 Å². The number of hydrogen-bond donors (Lipinski definition) is 1. The molecule has 3 aromatic rings. The van der Waals surface area contributed by atoms with Crippen molar-refractivity contribution in [1.82, 2.24) is 19.9 Å². The Morgan fingerprint density at radius 1 is 1.27 bits per heavy atom. The predicted octanol–water partition coefficient (Wildman–Crippen LogP) is 2.71. The monoisotopic (exact) mass is 369 g/mol. The van der Waals surface area contributed by atoms with E-state index in [1.165, 1.54) is 0 Å². The first kappa shape index (κ1) is 16.8. The molecule has 1 saturated heterocycles. The van der Waals surface area contributed by atoms with E-state index in [0.29, 0.717) is 11.4 Å². The third-order valence-electron chi connectivity index (χ3n) is 4.63. The van der Waals surface area contributed by atoms with Crippen molar-refractivity contribution in [3.63, 3.8) is 0 Å². The molecule has 2 aromatic heterocycles. The summed E-state index contributed by atoms with van der Waals surface area (Å²) in [4.78, 5) is 19.0. The van der Waals surface area contributed by atoms with Crippen molar-refractivity contribution in [2.24, 2.45) is 0 Å². The lowest BCUT2D eigenvalue weighted by atomic mass is 10.0. The van der Waals surface area contributed by atoms with Crippen molar-refractivity contribution < 1.29 is 4.79 Å². The number of rotatable bonds is 4. The minimum atomic E-state index is 0.0260. The highest BCUT2D eigenvalue weighted by Gasteiger charge is 2.23. The minimum Gasteiger partial charge on any atom is -0.354 e. The van der Waals surface area contributed by atoms with E-state index >= 15 is 0 Å². The lowest BCUT2D eigenvalue weighted by Gasteiger charge is -2.34. The van der Waals surface area contributed by atoms with Crippen LogP contribution in [0.4, 0.5) is 5.82 Å². The fourth-order valence-electron chi connectivity index (χ4n) is 3.47. The molecular formula is C19H20ClN5O. The Morgan fingerprint density at radius 3 is 3.08 bits per heavy atom. The number of amides is 1. The molecule has 4 rings (SSSR count). The van der Waals surface area contributed by atoms with Crippen LogP contribution >= 0.6 is 11.6 Å². The number of anilines is 1. The van der Waals surface area contributed by atoms with Gasteiger partial charge in [0.05, 0.1) is 12.6 Å². The van der Waals surface area contributed by atoms with E-state index in [1.807, 2.05) is 40.9 Å². The number of halogens is 1. The second-order valence-corrected chi connectivity index (χ2v) is 7.00. The van der Waals surface area contributed by atoms with Crippen molar-refractivity contribution in [1.29, 1.82) is 0 Å². The van der Waals surface area contributed by atoms with Gasteiger partial charge >= 0.3 is 0 Å². The van der Waals surface area contributed by atoms with Gasteiger partial charge in [0.1, 0.15) is 5.82 Å². The molecule has 0 radical (unpaired) electrons. The van der Waals surface area contributed by atoms with Gasteiger partial charge < -0.3 is 10.2 Å². The molecule has 1 atom stereocenters. The molecule has 0 aliphatic carbocycles. The van der Waals surface area contributed by atoms with Crippen molar-refractivity contribution in [3.05, 3.63) is 59.4 Å². The molecule has 3 heterocycles. The van der Waals surface area contributed by atoms with Crippen LogP contribution in [0.25, 0.3) is 5.65 Å². The summed E-state index contributed by atoms with van der Waals surface area (Å²) in [7, 11) is 0. The summed E-state index contributed by atoms with van der Waals surface area (Å²) in [6, 6.07) is 11.4. The summed E-state index contributed by atoms with van der Waals surface area (Å²) in [5.41, 5.74) is 1.75. The second kappa shape index (κ2) is 7.33. The topological polar surface area (TPSA) is 62.5 Å². The molecule has 7 heteroatoms. The summed E-state index contributed by atoms with van der Waals surface area (Å²) in [5, 5.41) is 8.17. The molecule has 0 saturated carbocycles. The first-order chi connectivity index (χ1) is 12.7. The minimum absolute atomic E-state index is 0.0260. The first-order valence-electron chi connectivity index (χ1n) is 8.76.